The molecular weight excluding hydrogens is 318 g/mol. The SMILES string of the molecule is CCCCN(CCO)C(=O)Nc1cccn(Cc2ccccc2)c1=O. The molecule has 0 aliphatic heterocycles. The molecular formula is C19H25N3O3. The van der Waals surface area contributed by atoms with Gasteiger partial charge < -0.3 is 19.9 Å². The van der Waals surface area contributed by atoms with Gasteiger partial charge in [0.25, 0.3) is 5.56 Å². The molecule has 2 aromatic rings. The van der Waals surface area contributed by atoms with Gasteiger partial charge in [-0.1, -0.05) is 43.7 Å². The third kappa shape index (κ3) is 5.46. The minimum Gasteiger partial charge on any atom is -0.395 e. The van der Waals surface area contributed by atoms with Crippen molar-refractivity contribution in [3.8, 4) is 0 Å². The topological polar surface area (TPSA) is 74.6 Å². The summed E-state index contributed by atoms with van der Waals surface area (Å²) >= 11 is 0. The number of aliphatic hydroxyl groups excluding tert-OH is 1. The van der Waals surface area contributed by atoms with Gasteiger partial charge in [0.15, 0.2) is 0 Å². The number of amides is 2. The molecule has 2 amide bonds. The number of carbonyl (C=O) groups excluding carboxylic acids is 1. The van der Waals surface area contributed by atoms with Gasteiger partial charge in [0.2, 0.25) is 0 Å². The summed E-state index contributed by atoms with van der Waals surface area (Å²) in [7, 11) is 0. The first kappa shape index (κ1) is 18.7. The van der Waals surface area contributed by atoms with Crippen LogP contribution in [0.4, 0.5) is 10.5 Å². The molecule has 0 aliphatic carbocycles. The van der Waals surface area contributed by atoms with Crippen molar-refractivity contribution in [2.45, 2.75) is 26.3 Å². The summed E-state index contributed by atoms with van der Waals surface area (Å²) in [5, 5.41) is 11.8. The molecule has 0 saturated carbocycles. The lowest BCUT2D eigenvalue weighted by Gasteiger charge is -2.22. The van der Waals surface area contributed by atoms with Gasteiger partial charge in [-0.2, -0.15) is 0 Å². The zero-order valence-corrected chi connectivity index (χ0v) is 14.5. The molecule has 2 rings (SSSR count). The molecule has 1 aromatic heterocycles. The Morgan fingerprint density at radius 1 is 1.16 bits per heavy atom. The highest BCUT2D eigenvalue weighted by molar-refractivity contribution is 5.89. The molecule has 25 heavy (non-hydrogen) atoms. The number of anilines is 1. The predicted octanol–water partition coefficient (Wildman–Crippen LogP) is 2.52. The largest absolute Gasteiger partial charge is 0.395 e. The highest BCUT2D eigenvalue weighted by atomic mass is 16.3. The fourth-order valence-corrected chi connectivity index (χ4v) is 2.52. The van der Waals surface area contributed by atoms with Gasteiger partial charge in [0.05, 0.1) is 13.2 Å². The Balaban J connectivity index is 2.12. The second-order valence-corrected chi connectivity index (χ2v) is 5.83. The van der Waals surface area contributed by atoms with Crippen molar-refractivity contribution in [1.29, 1.82) is 0 Å². The molecule has 0 bridgehead atoms. The molecule has 134 valence electrons. The third-order valence-corrected chi connectivity index (χ3v) is 3.90. The molecule has 6 heteroatoms. The van der Waals surface area contributed by atoms with Crippen LogP contribution in [0.5, 0.6) is 0 Å². The van der Waals surface area contributed by atoms with E-state index in [1.54, 1.807) is 22.9 Å². The molecule has 1 aromatic carbocycles. The van der Waals surface area contributed by atoms with Gasteiger partial charge in [0.1, 0.15) is 5.69 Å². The van der Waals surface area contributed by atoms with E-state index >= 15 is 0 Å². The summed E-state index contributed by atoms with van der Waals surface area (Å²) in [6.45, 7) is 3.17. The Labute approximate surface area is 147 Å². The molecule has 0 saturated heterocycles. The minimum atomic E-state index is -0.364. The van der Waals surface area contributed by atoms with E-state index in [4.69, 9.17) is 5.11 Å². The number of aliphatic hydroxyl groups is 1. The van der Waals surface area contributed by atoms with E-state index in [2.05, 4.69) is 5.32 Å². The van der Waals surface area contributed by atoms with Crippen LogP contribution in [0, 0.1) is 0 Å². The van der Waals surface area contributed by atoms with Gasteiger partial charge in [-0.25, -0.2) is 4.79 Å². The lowest BCUT2D eigenvalue weighted by molar-refractivity contribution is 0.187. The molecule has 0 atom stereocenters. The van der Waals surface area contributed by atoms with Gasteiger partial charge in [-0.3, -0.25) is 4.79 Å². The van der Waals surface area contributed by atoms with Crippen LogP contribution in [0.1, 0.15) is 25.3 Å². The summed E-state index contributed by atoms with van der Waals surface area (Å²) in [5.41, 5.74) is 1.000. The highest BCUT2D eigenvalue weighted by Gasteiger charge is 2.14. The van der Waals surface area contributed by atoms with Crippen LogP contribution < -0.4 is 10.9 Å². The molecule has 2 N–H and O–H groups in total. The van der Waals surface area contributed by atoms with Gasteiger partial charge in [-0.05, 0) is 24.1 Å². The van der Waals surface area contributed by atoms with Crippen LogP contribution in [-0.4, -0.2) is 40.3 Å². The maximum absolute atomic E-state index is 12.6. The summed E-state index contributed by atoms with van der Waals surface area (Å²) in [4.78, 5) is 26.5. The standard InChI is InChI=1S/C19H25N3O3/c1-2-3-11-21(13-14-23)19(25)20-17-10-7-12-22(18(17)24)15-16-8-5-4-6-9-16/h4-10,12,23H,2-3,11,13-15H2,1H3,(H,20,25). The number of hydrogen-bond donors (Lipinski definition) is 2. The lowest BCUT2D eigenvalue weighted by Crippen LogP contribution is -2.39. The average molecular weight is 343 g/mol. The van der Waals surface area contributed by atoms with Gasteiger partial charge in [-0.15, -0.1) is 0 Å². The summed E-state index contributed by atoms with van der Waals surface area (Å²) in [5.74, 6) is 0. The first-order chi connectivity index (χ1) is 12.2. The van der Waals surface area contributed by atoms with Crippen molar-refractivity contribution in [2.24, 2.45) is 0 Å². The van der Waals surface area contributed by atoms with E-state index in [0.29, 0.717) is 13.1 Å². The number of urea groups is 1. The molecule has 0 fully saturated rings. The highest BCUT2D eigenvalue weighted by Crippen LogP contribution is 2.05. The third-order valence-electron chi connectivity index (χ3n) is 3.90. The molecule has 0 unspecified atom stereocenters. The minimum absolute atomic E-state index is 0.107. The number of unbranched alkanes of at least 4 members (excludes halogenated alkanes) is 1. The van der Waals surface area contributed by atoms with E-state index in [-0.39, 0.29) is 30.4 Å². The predicted molar refractivity (Wildman–Crippen MR) is 98.8 cm³/mol. The first-order valence-electron chi connectivity index (χ1n) is 8.56. The maximum atomic E-state index is 12.6. The molecule has 1 heterocycles. The number of pyridine rings is 1. The zero-order valence-electron chi connectivity index (χ0n) is 14.5. The average Bonchev–Trinajstić information content (AvgIpc) is 2.63. The van der Waals surface area contributed by atoms with Crippen molar-refractivity contribution in [2.75, 3.05) is 25.0 Å². The smallest absolute Gasteiger partial charge is 0.322 e. The number of nitrogens with zero attached hydrogens (tertiary/aromatic N) is 2. The Morgan fingerprint density at radius 3 is 2.60 bits per heavy atom. The first-order valence-corrected chi connectivity index (χ1v) is 8.56. The summed E-state index contributed by atoms with van der Waals surface area (Å²) < 4.78 is 1.56. The van der Waals surface area contributed by atoms with Crippen LogP contribution in [0.25, 0.3) is 0 Å². The Morgan fingerprint density at radius 2 is 1.92 bits per heavy atom. The van der Waals surface area contributed by atoms with Crippen LogP contribution >= 0.6 is 0 Å². The fraction of sp³-hybridized carbons (Fsp3) is 0.368. The van der Waals surface area contributed by atoms with Crippen LogP contribution in [-0.2, 0) is 6.54 Å². The number of carbonyl (C=O) groups is 1. The number of hydrogen-bond acceptors (Lipinski definition) is 3. The van der Waals surface area contributed by atoms with Crippen molar-refractivity contribution in [3.63, 3.8) is 0 Å². The van der Waals surface area contributed by atoms with Crippen molar-refractivity contribution < 1.29 is 9.90 Å². The van der Waals surface area contributed by atoms with Crippen LogP contribution in [0.2, 0.25) is 0 Å². The number of benzene rings is 1. The second-order valence-electron chi connectivity index (χ2n) is 5.83. The Kier molecular flexibility index (Phi) is 7.22. The molecule has 6 nitrogen and oxygen atoms in total. The number of aromatic nitrogens is 1. The quantitative estimate of drug-likeness (QED) is 0.773. The van der Waals surface area contributed by atoms with Gasteiger partial charge >= 0.3 is 6.03 Å². The Hall–Kier alpha value is -2.60. The number of nitrogens with one attached hydrogen (secondary N) is 1. The van der Waals surface area contributed by atoms with Crippen molar-refractivity contribution >= 4 is 11.7 Å². The maximum Gasteiger partial charge on any atom is 0.322 e. The monoisotopic (exact) mass is 343 g/mol. The molecule has 0 spiro atoms. The van der Waals surface area contributed by atoms with Crippen molar-refractivity contribution in [1.82, 2.24) is 9.47 Å². The number of rotatable bonds is 8. The van der Waals surface area contributed by atoms with E-state index in [1.165, 1.54) is 4.90 Å². The van der Waals surface area contributed by atoms with E-state index in [1.807, 2.05) is 37.3 Å². The fourth-order valence-electron chi connectivity index (χ4n) is 2.52. The Bertz CT molecular complexity index is 728. The van der Waals surface area contributed by atoms with E-state index < -0.39 is 0 Å². The van der Waals surface area contributed by atoms with E-state index in [0.717, 1.165) is 18.4 Å². The summed E-state index contributed by atoms with van der Waals surface area (Å²) in [6, 6.07) is 12.6. The molecule has 0 radical (unpaired) electrons. The van der Waals surface area contributed by atoms with Crippen LogP contribution in [0.3, 0.4) is 0 Å². The van der Waals surface area contributed by atoms with Crippen LogP contribution in [0.15, 0.2) is 53.5 Å². The lowest BCUT2D eigenvalue weighted by atomic mass is 10.2. The van der Waals surface area contributed by atoms with Gasteiger partial charge in [0, 0.05) is 19.3 Å². The molecule has 0 aliphatic rings. The van der Waals surface area contributed by atoms with Crippen molar-refractivity contribution in [3.05, 3.63) is 64.6 Å². The zero-order chi connectivity index (χ0) is 18.1. The summed E-state index contributed by atoms with van der Waals surface area (Å²) in [6.07, 6.45) is 3.50. The normalized spacial score (nSPS) is 10.5. The second kappa shape index (κ2) is 9.64. The van der Waals surface area contributed by atoms with E-state index in [9.17, 15) is 9.59 Å².